The largest absolute Gasteiger partial charge is 0.314 e. The lowest BCUT2D eigenvalue weighted by atomic mass is 10.2. The van der Waals surface area contributed by atoms with E-state index in [1.165, 1.54) is 15.0 Å². The fraction of sp³-hybridized carbons (Fsp3) is 0.385. The van der Waals surface area contributed by atoms with Crippen LogP contribution in [0.15, 0.2) is 24.3 Å². The van der Waals surface area contributed by atoms with Gasteiger partial charge in [0.25, 0.3) is 0 Å². The van der Waals surface area contributed by atoms with Crippen molar-refractivity contribution in [3.63, 3.8) is 0 Å². The summed E-state index contributed by atoms with van der Waals surface area (Å²) in [7, 11) is 0. The molecule has 2 heterocycles. The molecular weight excluding hydrogens is 252 g/mol. The maximum Gasteiger partial charge on any atom is 0.0412 e. The van der Waals surface area contributed by atoms with Crippen molar-refractivity contribution in [2.45, 2.75) is 6.54 Å². The van der Waals surface area contributed by atoms with Crippen LogP contribution in [0.5, 0.6) is 0 Å². The topological polar surface area (TPSA) is 15.3 Å². The number of fused-ring (bicyclic) bond motifs is 1. The molecule has 1 aromatic carbocycles. The van der Waals surface area contributed by atoms with Crippen LogP contribution >= 0.6 is 22.9 Å². The van der Waals surface area contributed by atoms with Gasteiger partial charge in [0.15, 0.2) is 0 Å². The van der Waals surface area contributed by atoms with Crippen molar-refractivity contribution in [3.05, 3.63) is 34.2 Å². The fourth-order valence-corrected chi connectivity index (χ4v) is 3.50. The number of nitrogens with zero attached hydrogens (tertiary/aromatic N) is 1. The third kappa shape index (κ3) is 2.63. The van der Waals surface area contributed by atoms with Gasteiger partial charge in [-0.05, 0) is 29.7 Å². The molecule has 17 heavy (non-hydrogen) atoms. The van der Waals surface area contributed by atoms with Crippen LogP contribution in [0.1, 0.15) is 4.88 Å². The van der Waals surface area contributed by atoms with Crippen LogP contribution in [0.25, 0.3) is 10.1 Å². The number of halogens is 1. The van der Waals surface area contributed by atoms with Gasteiger partial charge >= 0.3 is 0 Å². The van der Waals surface area contributed by atoms with E-state index in [1.54, 1.807) is 0 Å². The Balaban J connectivity index is 1.80. The summed E-state index contributed by atoms with van der Waals surface area (Å²) in [5.74, 6) is 0. The summed E-state index contributed by atoms with van der Waals surface area (Å²) in [6, 6.07) is 8.40. The van der Waals surface area contributed by atoms with E-state index >= 15 is 0 Å². The molecule has 1 N–H and O–H groups in total. The molecule has 1 aliphatic heterocycles. The van der Waals surface area contributed by atoms with E-state index in [-0.39, 0.29) is 0 Å². The Labute approximate surface area is 110 Å². The third-order valence-corrected chi connectivity index (χ3v) is 4.45. The zero-order chi connectivity index (χ0) is 11.7. The van der Waals surface area contributed by atoms with Crippen LogP contribution in [0.4, 0.5) is 0 Å². The molecular formula is C13H15ClN2S. The number of hydrogen-bond acceptors (Lipinski definition) is 3. The molecule has 1 fully saturated rings. The zero-order valence-corrected chi connectivity index (χ0v) is 11.2. The number of rotatable bonds is 2. The average Bonchev–Trinajstić information content (AvgIpc) is 2.71. The Bertz CT molecular complexity index is 517. The maximum absolute atomic E-state index is 6.01. The molecule has 0 aliphatic carbocycles. The van der Waals surface area contributed by atoms with E-state index in [1.807, 2.05) is 17.4 Å². The molecule has 1 saturated heterocycles. The van der Waals surface area contributed by atoms with Crippen molar-refractivity contribution in [2.75, 3.05) is 26.2 Å². The van der Waals surface area contributed by atoms with Crippen molar-refractivity contribution in [1.29, 1.82) is 0 Å². The molecule has 0 unspecified atom stereocenters. The second kappa shape index (κ2) is 4.94. The normalized spacial score (nSPS) is 17.7. The SMILES string of the molecule is Clc1ccc2sc(CN3CCNCC3)cc2c1. The summed E-state index contributed by atoms with van der Waals surface area (Å²) in [5.41, 5.74) is 0. The standard InChI is InChI=1S/C13H15ClN2S/c14-11-1-2-13-10(7-11)8-12(17-13)9-16-5-3-15-4-6-16/h1-2,7-8,15H,3-6,9H2. The highest BCUT2D eigenvalue weighted by Gasteiger charge is 2.11. The highest BCUT2D eigenvalue weighted by atomic mass is 35.5. The van der Waals surface area contributed by atoms with E-state index in [0.717, 1.165) is 37.7 Å². The first-order valence-corrected chi connectivity index (χ1v) is 7.12. The van der Waals surface area contributed by atoms with Gasteiger partial charge < -0.3 is 5.32 Å². The third-order valence-electron chi connectivity index (χ3n) is 3.12. The van der Waals surface area contributed by atoms with Gasteiger partial charge in [0.1, 0.15) is 0 Å². The number of piperazine rings is 1. The summed E-state index contributed by atoms with van der Waals surface area (Å²) in [6.07, 6.45) is 0. The number of hydrogen-bond donors (Lipinski definition) is 1. The fourth-order valence-electron chi connectivity index (χ4n) is 2.24. The lowest BCUT2D eigenvalue weighted by Crippen LogP contribution is -2.42. The minimum Gasteiger partial charge on any atom is -0.314 e. The van der Waals surface area contributed by atoms with Crippen molar-refractivity contribution in [1.82, 2.24) is 10.2 Å². The summed E-state index contributed by atoms with van der Waals surface area (Å²) < 4.78 is 1.33. The smallest absolute Gasteiger partial charge is 0.0412 e. The zero-order valence-electron chi connectivity index (χ0n) is 9.58. The van der Waals surface area contributed by atoms with Crippen molar-refractivity contribution in [2.24, 2.45) is 0 Å². The van der Waals surface area contributed by atoms with Gasteiger partial charge in [-0.3, -0.25) is 4.90 Å². The minimum atomic E-state index is 0.823. The molecule has 1 aromatic heterocycles. The second-order valence-corrected chi connectivity index (χ2v) is 6.03. The molecule has 0 bridgehead atoms. The number of thiophene rings is 1. The van der Waals surface area contributed by atoms with Crippen LogP contribution in [-0.2, 0) is 6.54 Å². The van der Waals surface area contributed by atoms with Crippen LogP contribution < -0.4 is 5.32 Å². The first-order valence-electron chi connectivity index (χ1n) is 5.92. The van der Waals surface area contributed by atoms with Gasteiger partial charge in [-0.1, -0.05) is 11.6 Å². The molecule has 0 amide bonds. The second-order valence-electron chi connectivity index (χ2n) is 4.42. The maximum atomic E-state index is 6.01. The molecule has 0 radical (unpaired) electrons. The molecule has 2 nitrogen and oxygen atoms in total. The van der Waals surface area contributed by atoms with E-state index in [9.17, 15) is 0 Å². The minimum absolute atomic E-state index is 0.823. The molecule has 4 heteroatoms. The number of benzene rings is 1. The Morgan fingerprint density at radius 2 is 2.06 bits per heavy atom. The molecule has 90 valence electrons. The monoisotopic (exact) mass is 266 g/mol. The predicted octanol–water partition coefficient (Wildman–Crippen LogP) is 2.96. The van der Waals surface area contributed by atoms with Gasteiger partial charge in [-0.2, -0.15) is 0 Å². The summed E-state index contributed by atoms with van der Waals surface area (Å²) >= 11 is 7.88. The summed E-state index contributed by atoms with van der Waals surface area (Å²) in [6.45, 7) is 5.58. The van der Waals surface area contributed by atoms with Crippen LogP contribution in [0.2, 0.25) is 5.02 Å². The Kier molecular flexibility index (Phi) is 3.34. The van der Waals surface area contributed by atoms with E-state index in [4.69, 9.17) is 11.6 Å². The van der Waals surface area contributed by atoms with Crippen molar-refractivity contribution < 1.29 is 0 Å². The van der Waals surface area contributed by atoms with Crippen molar-refractivity contribution in [3.8, 4) is 0 Å². The van der Waals surface area contributed by atoms with Gasteiger partial charge in [0, 0.05) is 47.3 Å². The Morgan fingerprint density at radius 1 is 1.24 bits per heavy atom. The summed E-state index contributed by atoms with van der Waals surface area (Å²) in [5, 5.41) is 5.47. The van der Waals surface area contributed by atoms with Gasteiger partial charge in [0.05, 0.1) is 0 Å². The quantitative estimate of drug-likeness (QED) is 0.899. The van der Waals surface area contributed by atoms with Crippen LogP contribution in [0, 0.1) is 0 Å². The van der Waals surface area contributed by atoms with Gasteiger partial charge in [-0.25, -0.2) is 0 Å². The average molecular weight is 267 g/mol. The molecule has 1 aliphatic rings. The number of nitrogens with one attached hydrogen (secondary N) is 1. The first kappa shape index (κ1) is 11.5. The molecule has 0 saturated carbocycles. The highest BCUT2D eigenvalue weighted by Crippen LogP contribution is 2.28. The molecule has 0 atom stereocenters. The lowest BCUT2D eigenvalue weighted by Gasteiger charge is -2.26. The molecule has 0 spiro atoms. The van der Waals surface area contributed by atoms with Crippen LogP contribution in [0.3, 0.4) is 0 Å². The van der Waals surface area contributed by atoms with Gasteiger partial charge in [-0.15, -0.1) is 11.3 Å². The van der Waals surface area contributed by atoms with Gasteiger partial charge in [0.2, 0.25) is 0 Å². The first-order chi connectivity index (χ1) is 8.31. The molecule has 2 aromatic rings. The van der Waals surface area contributed by atoms with E-state index < -0.39 is 0 Å². The van der Waals surface area contributed by atoms with E-state index in [0.29, 0.717) is 0 Å². The lowest BCUT2D eigenvalue weighted by molar-refractivity contribution is 0.235. The predicted molar refractivity (Wildman–Crippen MR) is 75.0 cm³/mol. The Morgan fingerprint density at radius 3 is 2.88 bits per heavy atom. The Hall–Kier alpha value is -0.610. The molecule has 3 rings (SSSR count). The van der Waals surface area contributed by atoms with Crippen LogP contribution in [-0.4, -0.2) is 31.1 Å². The van der Waals surface area contributed by atoms with E-state index in [2.05, 4.69) is 28.4 Å². The van der Waals surface area contributed by atoms with Crippen molar-refractivity contribution >= 4 is 33.0 Å². The highest BCUT2D eigenvalue weighted by molar-refractivity contribution is 7.19. The summed E-state index contributed by atoms with van der Waals surface area (Å²) in [4.78, 5) is 3.94.